The van der Waals surface area contributed by atoms with Gasteiger partial charge in [-0.15, -0.1) is 0 Å². The predicted molar refractivity (Wildman–Crippen MR) is 74.7 cm³/mol. The maximum absolute atomic E-state index is 5.72. The van der Waals surface area contributed by atoms with Crippen LogP contribution in [0, 0.1) is 0 Å². The molecule has 1 aromatic heterocycles. The van der Waals surface area contributed by atoms with Crippen molar-refractivity contribution in [2.45, 2.75) is 13.5 Å². The fourth-order valence-electron chi connectivity index (χ4n) is 1.67. The Kier molecular flexibility index (Phi) is 4.75. The topological polar surface area (TPSA) is 43.4 Å². The first-order chi connectivity index (χ1) is 9.31. The molecule has 2 aromatic rings. The Balaban J connectivity index is 2.09. The van der Waals surface area contributed by atoms with Crippen molar-refractivity contribution < 1.29 is 9.47 Å². The highest BCUT2D eigenvalue weighted by atomic mass is 16.5. The van der Waals surface area contributed by atoms with Crippen molar-refractivity contribution in [3.8, 4) is 17.4 Å². The fraction of sp³-hybridized carbons (Fsp3) is 0.267. The number of aromatic nitrogens is 1. The van der Waals surface area contributed by atoms with Crippen molar-refractivity contribution in [3.63, 3.8) is 0 Å². The van der Waals surface area contributed by atoms with E-state index in [9.17, 15) is 0 Å². The molecule has 0 radical (unpaired) electrons. The molecular formula is C15H18N2O2. The van der Waals surface area contributed by atoms with E-state index in [0.29, 0.717) is 11.6 Å². The number of hydrogen-bond donors (Lipinski definition) is 1. The van der Waals surface area contributed by atoms with Gasteiger partial charge in [0, 0.05) is 24.9 Å². The van der Waals surface area contributed by atoms with Crippen LogP contribution >= 0.6 is 0 Å². The number of ether oxygens (including phenoxy) is 2. The lowest BCUT2D eigenvalue weighted by molar-refractivity contribution is 0.407. The molecule has 0 atom stereocenters. The molecule has 4 nitrogen and oxygen atoms in total. The molecule has 0 unspecified atom stereocenters. The zero-order chi connectivity index (χ0) is 13.5. The van der Waals surface area contributed by atoms with E-state index < -0.39 is 0 Å². The largest absolute Gasteiger partial charge is 0.497 e. The molecule has 0 saturated carbocycles. The monoisotopic (exact) mass is 258 g/mol. The van der Waals surface area contributed by atoms with E-state index in [0.717, 1.165) is 24.4 Å². The van der Waals surface area contributed by atoms with Gasteiger partial charge in [0.25, 0.3) is 0 Å². The number of methoxy groups -OCH3 is 1. The molecule has 0 aliphatic rings. The highest BCUT2D eigenvalue weighted by Crippen LogP contribution is 2.24. The molecule has 0 fully saturated rings. The average molecular weight is 258 g/mol. The number of benzene rings is 1. The smallest absolute Gasteiger partial charge is 0.219 e. The summed E-state index contributed by atoms with van der Waals surface area (Å²) < 4.78 is 10.9. The second-order valence-corrected chi connectivity index (χ2v) is 4.06. The molecule has 1 heterocycles. The summed E-state index contributed by atoms with van der Waals surface area (Å²) in [6.07, 6.45) is 1.75. The Morgan fingerprint density at radius 3 is 2.79 bits per heavy atom. The summed E-state index contributed by atoms with van der Waals surface area (Å²) in [7, 11) is 1.63. The third-order valence-corrected chi connectivity index (χ3v) is 2.64. The molecule has 0 aliphatic heterocycles. The van der Waals surface area contributed by atoms with Gasteiger partial charge >= 0.3 is 0 Å². The Labute approximate surface area is 113 Å². The van der Waals surface area contributed by atoms with Crippen LogP contribution in [0.2, 0.25) is 0 Å². The van der Waals surface area contributed by atoms with Crippen LogP contribution in [0.25, 0.3) is 0 Å². The van der Waals surface area contributed by atoms with Gasteiger partial charge in [-0.25, -0.2) is 4.98 Å². The SMILES string of the molecule is CCNCc1ccnc(Oc2cccc(OC)c2)c1. The maximum atomic E-state index is 5.72. The zero-order valence-corrected chi connectivity index (χ0v) is 11.2. The van der Waals surface area contributed by atoms with Gasteiger partial charge in [0.15, 0.2) is 0 Å². The van der Waals surface area contributed by atoms with E-state index in [1.807, 2.05) is 36.4 Å². The zero-order valence-electron chi connectivity index (χ0n) is 11.2. The Hall–Kier alpha value is -2.07. The van der Waals surface area contributed by atoms with E-state index in [4.69, 9.17) is 9.47 Å². The molecule has 2 rings (SSSR count). The predicted octanol–water partition coefficient (Wildman–Crippen LogP) is 2.99. The highest BCUT2D eigenvalue weighted by Gasteiger charge is 2.01. The number of nitrogens with one attached hydrogen (secondary N) is 1. The van der Waals surface area contributed by atoms with E-state index in [1.165, 1.54) is 0 Å². The summed E-state index contributed by atoms with van der Waals surface area (Å²) in [6, 6.07) is 11.4. The molecule has 1 N–H and O–H groups in total. The Morgan fingerprint density at radius 1 is 1.16 bits per heavy atom. The van der Waals surface area contributed by atoms with Gasteiger partial charge < -0.3 is 14.8 Å². The first kappa shape index (κ1) is 13.4. The maximum Gasteiger partial charge on any atom is 0.219 e. The minimum atomic E-state index is 0.587. The standard InChI is InChI=1S/C15H18N2O2/c1-3-16-11-12-7-8-17-15(9-12)19-14-6-4-5-13(10-14)18-2/h4-10,16H,3,11H2,1-2H3. The second kappa shape index (κ2) is 6.75. The third-order valence-electron chi connectivity index (χ3n) is 2.64. The second-order valence-electron chi connectivity index (χ2n) is 4.06. The molecule has 0 spiro atoms. The molecule has 100 valence electrons. The number of pyridine rings is 1. The quantitative estimate of drug-likeness (QED) is 0.865. The van der Waals surface area contributed by atoms with Crippen molar-refractivity contribution >= 4 is 0 Å². The summed E-state index contributed by atoms with van der Waals surface area (Å²) in [5.74, 6) is 2.07. The number of rotatable bonds is 6. The summed E-state index contributed by atoms with van der Waals surface area (Å²) in [5, 5.41) is 3.27. The molecule has 0 amide bonds. The van der Waals surface area contributed by atoms with Gasteiger partial charge in [0.2, 0.25) is 5.88 Å². The first-order valence-electron chi connectivity index (χ1n) is 6.29. The summed E-state index contributed by atoms with van der Waals surface area (Å²) >= 11 is 0. The van der Waals surface area contributed by atoms with Crippen molar-refractivity contribution in [3.05, 3.63) is 48.2 Å². The van der Waals surface area contributed by atoms with E-state index in [-0.39, 0.29) is 0 Å². The van der Waals surface area contributed by atoms with Crippen LogP contribution in [0.1, 0.15) is 12.5 Å². The van der Waals surface area contributed by atoms with Crippen LogP contribution in [0.3, 0.4) is 0 Å². The van der Waals surface area contributed by atoms with E-state index >= 15 is 0 Å². The van der Waals surface area contributed by atoms with Crippen LogP contribution < -0.4 is 14.8 Å². The molecule has 0 aliphatic carbocycles. The lowest BCUT2D eigenvalue weighted by Crippen LogP contribution is -2.11. The lowest BCUT2D eigenvalue weighted by Gasteiger charge is -2.08. The molecule has 1 aromatic carbocycles. The van der Waals surface area contributed by atoms with E-state index in [1.54, 1.807) is 13.3 Å². The van der Waals surface area contributed by atoms with Crippen molar-refractivity contribution in [2.75, 3.05) is 13.7 Å². The van der Waals surface area contributed by atoms with Crippen LogP contribution in [0.4, 0.5) is 0 Å². The highest BCUT2D eigenvalue weighted by molar-refractivity contribution is 5.35. The molecule has 0 bridgehead atoms. The van der Waals surface area contributed by atoms with Crippen molar-refractivity contribution in [2.24, 2.45) is 0 Å². The number of nitrogens with zero attached hydrogens (tertiary/aromatic N) is 1. The third kappa shape index (κ3) is 3.96. The Morgan fingerprint density at radius 2 is 2.00 bits per heavy atom. The molecule has 19 heavy (non-hydrogen) atoms. The van der Waals surface area contributed by atoms with Crippen molar-refractivity contribution in [1.29, 1.82) is 0 Å². The fourth-order valence-corrected chi connectivity index (χ4v) is 1.67. The summed E-state index contributed by atoms with van der Waals surface area (Å²) in [4.78, 5) is 4.21. The van der Waals surface area contributed by atoms with Gasteiger partial charge in [-0.05, 0) is 30.3 Å². The van der Waals surface area contributed by atoms with Crippen LogP contribution in [0.15, 0.2) is 42.6 Å². The number of hydrogen-bond acceptors (Lipinski definition) is 4. The van der Waals surface area contributed by atoms with Gasteiger partial charge in [-0.2, -0.15) is 0 Å². The van der Waals surface area contributed by atoms with Gasteiger partial charge in [-0.3, -0.25) is 0 Å². The van der Waals surface area contributed by atoms with Gasteiger partial charge in [-0.1, -0.05) is 13.0 Å². The molecule has 4 heteroatoms. The first-order valence-corrected chi connectivity index (χ1v) is 6.29. The minimum absolute atomic E-state index is 0.587. The van der Waals surface area contributed by atoms with Crippen molar-refractivity contribution in [1.82, 2.24) is 10.3 Å². The van der Waals surface area contributed by atoms with E-state index in [2.05, 4.69) is 17.2 Å². The van der Waals surface area contributed by atoms with Gasteiger partial charge in [0.1, 0.15) is 11.5 Å². The van der Waals surface area contributed by atoms with Gasteiger partial charge in [0.05, 0.1) is 7.11 Å². The van der Waals surface area contributed by atoms with Crippen LogP contribution in [-0.2, 0) is 6.54 Å². The van der Waals surface area contributed by atoms with Crippen LogP contribution in [-0.4, -0.2) is 18.6 Å². The lowest BCUT2D eigenvalue weighted by atomic mass is 10.2. The molecular weight excluding hydrogens is 240 g/mol. The Bertz CT molecular complexity index is 529. The average Bonchev–Trinajstić information content (AvgIpc) is 2.46. The summed E-state index contributed by atoms with van der Waals surface area (Å²) in [5.41, 5.74) is 1.15. The normalized spacial score (nSPS) is 10.2. The summed E-state index contributed by atoms with van der Waals surface area (Å²) in [6.45, 7) is 3.83. The molecule has 0 saturated heterocycles. The minimum Gasteiger partial charge on any atom is -0.497 e. The van der Waals surface area contributed by atoms with Crippen LogP contribution in [0.5, 0.6) is 17.4 Å².